The minimum Gasteiger partial charge on any atom is -0.495 e. The van der Waals surface area contributed by atoms with Crippen LogP contribution < -0.4 is 15.0 Å². The Kier molecular flexibility index (Phi) is 5.62. The number of rotatable bonds is 7. The first-order valence-electron chi connectivity index (χ1n) is 7.46. The van der Waals surface area contributed by atoms with Crippen molar-refractivity contribution in [3.05, 3.63) is 50.6 Å². The molecule has 0 spiro atoms. The molecule has 0 saturated heterocycles. The highest BCUT2D eigenvalue weighted by atomic mass is 32.1. The highest BCUT2D eigenvalue weighted by Crippen LogP contribution is 2.28. The fourth-order valence-corrected chi connectivity index (χ4v) is 4.06. The zero-order valence-corrected chi connectivity index (χ0v) is 15.9. The molecule has 0 aliphatic heterocycles. The van der Waals surface area contributed by atoms with Gasteiger partial charge in [-0.3, -0.25) is 0 Å². The average Bonchev–Trinajstić information content (AvgIpc) is 3.18. The van der Waals surface area contributed by atoms with E-state index in [4.69, 9.17) is 17.0 Å². The Bertz CT molecular complexity index is 841. The van der Waals surface area contributed by atoms with E-state index in [0.29, 0.717) is 0 Å². The molecule has 0 amide bonds. The van der Waals surface area contributed by atoms with Gasteiger partial charge >= 0.3 is 0 Å². The predicted octanol–water partition coefficient (Wildman–Crippen LogP) is 3.16. The van der Waals surface area contributed by atoms with Crippen LogP contribution in [0.2, 0.25) is 0 Å². The molecule has 0 bridgehead atoms. The normalized spacial score (nSPS) is 12.1. The number of benzene rings is 1. The Morgan fingerprint density at radius 1 is 1.33 bits per heavy atom. The maximum Gasteiger partial charge on any atom is 0.209 e. The molecule has 3 aromatic rings. The Balaban J connectivity index is 1.69. The van der Waals surface area contributed by atoms with Crippen LogP contribution in [0.5, 0.6) is 5.75 Å². The number of ether oxygens (including phenoxy) is 1. The van der Waals surface area contributed by atoms with Crippen LogP contribution in [0, 0.1) is 3.95 Å². The lowest BCUT2D eigenvalue weighted by atomic mass is 10.3. The van der Waals surface area contributed by atoms with Gasteiger partial charge in [0.2, 0.25) is 5.13 Å². The quantitative estimate of drug-likeness (QED) is 0.619. The largest absolute Gasteiger partial charge is 0.495 e. The van der Waals surface area contributed by atoms with E-state index in [9.17, 15) is 0 Å². The predicted molar refractivity (Wildman–Crippen MR) is 102 cm³/mol. The number of anilines is 2. The number of hydrogen-bond acceptors (Lipinski definition) is 6. The Morgan fingerprint density at radius 3 is 2.92 bits per heavy atom. The number of para-hydroxylation sites is 2. The zero-order valence-electron chi connectivity index (χ0n) is 13.5. The highest BCUT2D eigenvalue weighted by Gasteiger charge is 2.11. The second kappa shape index (κ2) is 7.89. The lowest BCUT2D eigenvalue weighted by Crippen LogP contribution is -3.06. The minimum atomic E-state index is 0.735. The molecule has 0 aliphatic rings. The number of hydrogen-bond donors (Lipinski definition) is 2. The molecule has 1 atom stereocenters. The van der Waals surface area contributed by atoms with Crippen molar-refractivity contribution in [2.75, 3.05) is 19.5 Å². The van der Waals surface area contributed by atoms with Crippen molar-refractivity contribution in [2.45, 2.75) is 13.2 Å². The van der Waals surface area contributed by atoms with Gasteiger partial charge in [0.15, 0.2) is 10.6 Å². The van der Waals surface area contributed by atoms with E-state index in [0.717, 1.165) is 33.7 Å². The van der Waals surface area contributed by atoms with Gasteiger partial charge in [-0.2, -0.15) is 16.0 Å². The second-order valence-corrected chi connectivity index (χ2v) is 7.82. The summed E-state index contributed by atoms with van der Waals surface area (Å²) in [5, 5.41) is 12.9. The molecule has 3 rings (SSSR count). The molecule has 0 fully saturated rings. The van der Waals surface area contributed by atoms with E-state index in [-0.39, 0.29) is 0 Å². The van der Waals surface area contributed by atoms with Gasteiger partial charge in [-0.25, -0.2) is 0 Å². The smallest absolute Gasteiger partial charge is 0.209 e. The van der Waals surface area contributed by atoms with Crippen molar-refractivity contribution in [2.24, 2.45) is 0 Å². The SMILES string of the molecule is COc1ccccc1Nc1nn(C[NH+](C)Cc2ccsc2)c(=S)s1. The molecule has 1 unspecified atom stereocenters. The van der Waals surface area contributed by atoms with Gasteiger partial charge in [-0.15, -0.1) is 5.10 Å². The van der Waals surface area contributed by atoms with Crippen molar-refractivity contribution >= 4 is 45.7 Å². The highest BCUT2D eigenvalue weighted by molar-refractivity contribution is 7.73. The van der Waals surface area contributed by atoms with Crippen molar-refractivity contribution in [3.63, 3.8) is 0 Å². The van der Waals surface area contributed by atoms with Crippen molar-refractivity contribution in [3.8, 4) is 5.75 Å². The molecule has 1 aromatic carbocycles. The van der Waals surface area contributed by atoms with Crippen LogP contribution in [0.15, 0.2) is 41.1 Å². The van der Waals surface area contributed by atoms with Crippen LogP contribution in [-0.4, -0.2) is 23.9 Å². The number of quaternary nitrogens is 1. The number of methoxy groups -OCH3 is 1. The molecule has 2 heterocycles. The first kappa shape index (κ1) is 17.1. The fraction of sp³-hybridized carbons (Fsp3) is 0.250. The molecule has 5 nitrogen and oxygen atoms in total. The topological polar surface area (TPSA) is 43.5 Å². The van der Waals surface area contributed by atoms with E-state index in [1.165, 1.54) is 21.8 Å². The van der Waals surface area contributed by atoms with Crippen molar-refractivity contribution in [1.29, 1.82) is 0 Å². The summed E-state index contributed by atoms with van der Waals surface area (Å²) in [7, 11) is 3.80. The fourth-order valence-electron chi connectivity index (χ4n) is 2.37. The van der Waals surface area contributed by atoms with Gasteiger partial charge in [0.1, 0.15) is 12.3 Å². The summed E-state index contributed by atoms with van der Waals surface area (Å²) in [5.41, 5.74) is 2.22. The van der Waals surface area contributed by atoms with Gasteiger partial charge in [0.05, 0.1) is 19.8 Å². The second-order valence-electron chi connectivity index (χ2n) is 5.42. The van der Waals surface area contributed by atoms with Gasteiger partial charge in [-0.05, 0) is 41.2 Å². The molecule has 0 saturated carbocycles. The molecule has 0 radical (unpaired) electrons. The van der Waals surface area contributed by atoms with Crippen LogP contribution in [0.4, 0.5) is 10.8 Å². The van der Waals surface area contributed by atoms with Crippen LogP contribution in [0.25, 0.3) is 0 Å². The number of aromatic nitrogens is 2. The average molecular weight is 380 g/mol. The first-order valence-corrected chi connectivity index (χ1v) is 9.63. The van der Waals surface area contributed by atoms with Crippen molar-refractivity contribution < 1.29 is 9.64 Å². The maximum absolute atomic E-state index is 5.45. The lowest BCUT2D eigenvalue weighted by Gasteiger charge is -2.12. The van der Waals surface area contributed by atoms with Crippen LogP contribution in [0.1, 0.15) is 5.56 Å². The van der Waals surface area contributed by atoms with Crippen LogP contribution in [-0.2, 0) is 13.2 Å². The molecular formula is C16H19N4OS3+. The van der Waals surface area contributed by atoms with E-state index in [1.54, 1.807) is 18.4 Å². The number of nitrogens with zero attached hydrogens (tertiary/aromatic N) is 2. The third-order valence-corrected chi connectivity index (χ3v) is 5.42. The van der Waals surface area contributed by atoms with E-state index >= 15 is 0 Å². The minimum absolute atomic E-state index is 0.735. The monoisotopic (exact) mass is 379 g/mol. The molecule has 126 valence electrons. The number of nitrogens with one attached hydrogen (secondary N) is 2. The summed E-state index contributed by atoms with van der Waals surface area (Å²) in [5.74, 6) is 0.783. The summed E-state index contributed by atoms with van der Waals surface area (Å²) in [4.78, 5) is 1.33. The number of thiophene rings is 1. The van der Waals surface area contributed by atoms with Crippen LogP contribution in [0.3, 0.4) is 0 Å². The standard InChI is InChI=1S/C16H18N4OS3/c1-19(9-12-7-8-23-10-12)11-20-16(22)24-15(18-20)17-13-5-3-4-6-14(13)21-2/h3-8,10H,9,11H2,1-2H3,(H,17,18)/p+1. The molecular weight excluding hydrogens is 360 g/mol. The van der Waals surface area contributed by atoms with Gasteiger partial charge in [0, 0.05) is 5.56 Å². The van der Waals surface area contributed by atoms with Gasteiger partial charge in [0.25, 0.3) is 0 Å². The Hall–Kier alpha value is -1.74. The third-order valence-electron chi connectivity index (χ3n) is 3.46. The molecule has 2 aromatic heterocycles. The van der Waals surface area contributed by atoms with Crippen molar-refractivity contribution in [1.82, 2.24) is 9.78 Å². The third kappa shape index (κ3) is 4.21. The molecule has 0 aliphatic carbocycles. The Morgan fingerprint density at radius 2 is 2.17 bits per heavy atom. The Labute approximate surface area is 154 Å². The molecule has 24 heavy (non-hydrogen) atoms. The molecule has 2 N–H and O–H groups in total. The summed E-state index contributed by atoms with van der Waals surface area (Å²) < 4.78 is 7.99. The van der Waals surface area contributed by atoms with Crippen LogP contribution >= 0.6 is 34.9 Å². The summed E-state index contributed by atoms with van der Waals surface area (Å²) in [6.07, 6.45) is 0. The first-order chi connectivity index (χ1) is 11.7. The van der Waals surface area contributed by atoms with Gasteiger partial charge in [-0.1, -0.05) is 23.5 Å². The van der Waals surface area contributed by atoms with E-state index in [2.05, 4.69) is 34.3 Å². The summed E-state index contributed by atoms with van der Waals surface area (Å²) in [6.45, 7) is 1.69. The van der Waals surface area contributed by atoms with E-state index < -0.39 is 0 Å². The maximum atomic E-state index is 5.45. The summed E-state index contributed by atoms with van der Waals surface area (Å²) in [6, 6.07) is 9.93. The lowest BCUT2D eigenvalue weighted by molar-refractivity contribution is -0.917. The summed E-state index contributed by atoms with van der Waals surface area (Å²) >= 11 is 8.64. The van der Waals surface area contributed by atoms with E-state index in [1.807, 2.05) is 28.9 Å². The van der Waals surface area contributed by atoms with Gasteiger partial charge < -0.3 is 15.0 Å². The zero-order chi connectivity index (χ0) is 16.9. The molecule has 8 heteroatoms.